The Morgan fingerprint density at radius 3 is 2.61 bits per heavy atom. The molecule has 2 heterocycles. The van der Waals surface area contributed by atoms with Gasteiger partial charge in [0.05, 0.1) is 40.1 Å². The van der Waals surface area contributed by atoms with E-state index in [4.69, 9.17) is 26.1 Å². The summed E-state index contributed by atoms with van der Waals surface area (Å²) in [5.41, 5.74) is 5.14. The number of benzene rings is 3. The number of aliphatic hydroxyl groups excluding tert-OH is 1. The van der Waals surface area contributed by atoms with E-state index >= 15 is 0 Å². The minimum Gasteiger partial charge on any atom is -0.488 e. The quantitative estimate of drug-likeness (QED) is 0.134. The molecule has 0 aliphatic rings. The number of fused-ring (bicyclic) bond motifs is 1. The number of halogens is 2. The standard InChI is InChI=1S/C34H29BrClN5O5/c1-20-23(4-3-5-26(20)30-16-39-28-7-6-25(35)10-29(28)41-30)18-46-32-11-31(45-17-22-8-21(12-37)13-38-14-22)24(9-27(32)36)15-40-34(2,19-42)33(43)44/h3-11,13-14,16,40,42H,15,17-19H2,1-2H3,(H,43,44)/t34-/m1/s1. The number of aromatic nitrogens is 3. The second-order valence-corrected chi connectivity index (χ2v) is 12.1. The van der Waals surface area contributed by atoms with Gasteiger partial charge in [0.2, 0.25) is 0 Å². The van der Waals surface area contributed by atoms with Gasteiger partial charge in [-0.15, -0.1) is 0 Å². The highest BCUT2D eigenvalue weighted by Crippen LogP contribution is 2.35. The molecule has 0 spiro atoms. The summed E-state index contributed by atoms with van der Waals surface area (Å²) in [5, 5.41) is 31.7. The lowest BCUT2D eigenvalue weighted by molar-refractivity contribution is -0.145. The second-order valence-electron chi connectivity index (χ2n) is 10.8. The molecule has 46 heavy (non-hydrogen) atoms. The zero-order valence-corrected chi connectivity index (χ0v) is 27.3. The van der Waals surface area contributed by atoms with Crippen LogP contribution in [0.3, 0.4) is 0 Å². The number of rotatable bonds is 12. The molecule has 0 radical (unpaired) electrons. The van der Waals surface area contributed by atoms with Crippen LogP contribution in [-0.2, 0) is 24.6 Å². The maximum absolute atomic E-state index is 11.7. The minimum absolute atomic E-state index is 0.0275. The summed E-state index contributed by atoms with van der Waals surface area (Å²) in [6.45, 7) is 3.05. The number of hydrogen-bond acceptors (Lipinski definition) is 9. The lowest BCUT2D eigenvalue weighted by atomic mass is 10.0. The number of nitrogens with one attached hydrogen (secondary N) is 1. The number of nitrogens with zero attached hydrogens (tertiary/aromatic N) is 4. The molecule has 12 heteroatoms. The largest absolute Gasteiger partial charge is 0.488 e. The molecule has 0 amide bonds. The average Bonchev–Trinajstić information content (AvgIpc) is 3.06. The van der Waals surface area contributed by atoms with Gasteiger partial charge in [0.1, 0.15) is 36.3 Å². The third-order valence-electron chi connectivity index (χ3n) is 7.50. The third-order valence-corrected chi connectivity index (χ3v) is 8.29. The number of ether oxygens (including phenoxy) is 2. The fourth-order valence-corrected chi connectivity index (χ4v) is 5.21. The van der Waals surface area contributed by atoms with Crippen molar-refractivity contribution in [3.8, 4) is 28.8 Å². The maximum Gasteiger partial charge on any atom is 0.326 e. The van der Waals surface area contributed by atoms with Crippen molar-refractivity contribution in [3.63, 3.8) is 0 Å². The molecule has 3 N–H and O–H groups in total. The van der Waals surface area contributed by atoms with Crippen molar-refractivity contribution in [2.24, 2.45) is 0 Å². The van der Waals surface area contributed by atoms with Crippen molar-refractivity contribution in [2.45, 2.75) is 39.1 Å². The number of carboxylic acids is 1. The average molecular weight is 703 g/mol. The van der Waals surface area contributed by atoms with Gasteiger partial charge in [0.25, 0.3) is 0 Å². The Labute approximate surface area is 278 Å². The van der Waals surface area contributed by atoms with Crippen LogP contribution >= 0.6 is 27.5 Å². The zero-order chi connectivity index (χ0) is 32.8. The number of pyridine rings is 1. The second kappa shape index (κ2) is 14.2. The topological polar surface area (TPSA) is 150 Å². The normalized spacial score (nSPS) is 12.3. The van der Waals surface area contributed by atoms with Crippen LogP contribution in [0.25, 0.3) is 22.3 Å². The van der Waals surface area contributed by atoms with Crippen LogP contribution in [0.15, 0.2) is 77.7 Å². The van der Waals surface area contributed by atoms with E-state index in [1.165, 1.54) is 13.1 Å². The van der Waals surface area contributed by atoms with Crippen molar-refractivity contribution in [1.29, 1.82) is 5.26 Å². The van der Waals surface area contributed by atoms with Crippen LogP contribution in [0.4, 0.5) is 0 Å². The van der Waals surface area contributed by atoms with Gasteiger partial charge in [-0.2, -0.15) is 5.26 Å². The molecule has 1 atom stereocenters. The Morgan fingerprint density at radius 2 is 1.85 bits per heavy atom. The number of hydrogen-bond donors (Lipinski definition) is 3. The SMILES string of the molecule is Cc1c(COc2cc(OCc3cncc(C#N)c3)c(CN[C@](C)(CO)C(=O)O)cc2Cl)cccc1-c1cnc2ccc(Br)cc2n1. The Morgan fingerprint density at radius 1 is 1.04 bits per heavy atom. The number of carbonyl (C=O) groups is 1. The first-order valence-corrected chi connectivity index (χ1v) is 15.3. The van der Waals surface area contributed by atoms with E-state index in [1.807, 2.05) is 43.3 Å². The molecule has 0 fully saturated rings. The molecule has 0 saturated carbocycles. The highest BCUT2D eigenvalue weighted by molar-refractivity contribution is 9.10. The van der Waals surface area contributed by atoms with Gasteiger partial charge in [-0.3, -0.25) is 20.1 Å². The summed E-state index contributed by atoms with van der Waals surface area (Å²) in [7, 11) is 0. The van der Waals surface area contributed by atoms with Crippen molar-refractivity contribution in [3.05, 3.63) is 111 Å². The summed E-state index contributed by atoms with van der Waals surface area (Å²) >= 11 is 10.2. The highest BCUT2D eigenvalue weighted by Gasteiger charge is 2.32. The van der Waals surface area contributed by atoms with Crippen LogP contribution < -0.4 is 14.8 Å². The molecule has 0 saturated heterocycles. The predicted molar refractivity (Wildman–Crippen MR) is 176 cm³/mol. The summed E-state index contributed by atoms with van der Waals surface area (Å²) < 4.78 is 13.2. The van der Waals surface area contributed by atoms with Crippen LogP contribution in [0.2, 0.25) is 5.02 Å². The van der Waals surface area contributed by atoms with E-state index in [2.05, 4.69) is 37.3 Å². The maximum atomic E-state index is 11.7. The van der Waals surface area contributed by atoms with Crippen LogP contribution in [0, 0.1) is 18.3 Å². The fraction of sp³-hybridized carbons (Fsp3) is 0.206. The summed E-state index contributed by atoms with van der Waals surface area (Å²) in [6.07, 6.45) is 4.80. The number of carboxylic acid groups (broad SMARTS) is 1. The Hall–Kier alpha value is -4.60. The predicted octanol–water partition coefficient (Wildman–Crippen LogP) is 6.37. The fourth-order valence-electron chi connectivity index (χ4n) is 4.62. The van der Waals surface area contributed by atoms with Gasteiger partial charge in [0, 0.05) is 46.2 Å². The van der Waals surface area contributed by atoms with E-state index in [-0.39, 0.29) is 24.8 Å². The van der Waals surface area contributed by atoms with Crippen molar-refractivity contribution in [1.82, 2.24) is 20.3 Å². The summed E-state index contributed by atoms with van der Waals surface area (Å²) in [4.78, 5) is 25.2. The van der Waals surface area contributed by atoms with Crippen LogP contribution in [0.5, 0.6) is 11.5 Å². The highest BCUT2D eigenvalue weighted by atomic mass is 79.9. The lowest BCUT2D eigenvalue weighted by Crippen LogP contribution is -2.52. The Bertz CT molecular complexity index is 1970. The van der Waals surface area contributed by atoms with Crippen LogP contribution in [-0.4, -0.2) is 43.3 Å². The minimum atomic E-state index is -1.58. The van der Waals surface area contributed by atoms with Gasteiger partial charge in [-0.1, -0.05) is 45.7 Å². The Balaban J connectivity index is 1.41. The molecular formula is C34H29BrClN5O5. The van der Waals surface area contributed by atoms with E-state index in [0.29, 0.717) is 28.2 Å². The number of nitriles is 1. The molecule has 234 valence electrons. The molecule has 5 aromatic rings. The summed E-state index contributed by atoms with van der Waals surface area (Å²) in [6, 6.07) is 18.6. The first-order valence-electron chi connectivity index (χ1n) is 14.1. The van der Waals surface area contributed by atoms with Crippen LogP contribution in [0.1, 0.15) is 34.7 Å². The molecular weight excluding hydrogens is 674 g/mol. The van der Waals surface area contributed by atoms with Crippen molar-refractivity contribution >= 4 is 44.5 Å². The molecule has 0 aliphatic heterocycles. The molecule has 0 unspecified atom stereocenters. The first-order chi connectivity index (χ1) is 22.1. The summed E-state index contributed by atoms with van der Waals surface area (Å²) in [5.74, 6) is -0.473. The first kappa shape index (κ1) is 32.8. The van der Waals surface area contributed by atoms with Gasteiger partial charge in [0.15, 0.2) is 0 Å². The molecule has 0 aliphatic carbocycles. The third kappa shape index (κ3) is 7.43. The van der Waals surface area contributed by atoms with Gasteiger partial charge in [-0.25, -0.2) is 4.98 Å². The van der Waals surface area contributed by atoms with E-state index in [1.54, 1.807) is 30.6 Å². The van der Waals surface area contributed by atoms with Gasteiger partial charge >= 0.3 is 5.97 Å². The van der Waals surface area contributed by atoms with Gasteiger partial charge < -0.3 is 19.7 Å². The molecule has 5 rings (SSSR count). The van der Waals surface area contributed by atoms with E-state index in [9.17, 15) is 20.3 Å². The molecule has 3 aromatic carbocycles. The van der Waals surface area contributed by atoms with Crippen molar-refractivity contribution in [2.75, 3.05) is 6.61 Å². The molecule has 0 bridgehead atoms. The lowest BCUT2D eigenvalue weighted by Gasteiger charge is -2.25. The molecule has 2 aromatic heterocycles. The van der Waals surface area contributed by atoms with Crippen molar-refractivity contribution < 1.29 is 24.5 Å². The molecule has 10 nitrogen and oxygen atoms in total. The number of aliphatic carboxylic acids is 1. The zero-order valence-electron chi connectivity index (χ0n) is 24.9. The smallest absolute Gasteiger partial charge is 0.326 e. The van der Waals surface area contributed by atoms with E-state index < -0.39 is 18.1 Å². The van der Waals surface area contributed by atoms with E-state index in [0.717, 1.165) is 37.9 Å². The Kier molecular flexibility index (Phi) is 10.1. The van der Waals surface area contributed by atoms with Gasteiger partial charge in [-0.05, 0) is 55.3 Å². The number of aliphatic hydroxyl groups is 1. The monoisotopic (exact) mass is 701 g/mol.